The molecule has 0 spiro atoms. The number of aryl methyl sites for hydroxylation is 1. The standard InChI is InChI=1S/C15H14N4/c1-10-5-14(16)19-13-7-12(9-18-15(10)13)6-11-3-2-4-17-8-11/h2-5,7-9H,6H2,1H3,(H2,16,19). The first-order valence-corrected chi connectivity index (χ1v) is 6.13. The monoisotopic (exact) mass is 250 g/mol. The van der Waals surface area contributed by atoms with Crippen molar-refractivity contribution in [1.82, 2.24) is 15.0 Å². The molecular formula is C15H14N4. The molecule has 0 aliphatic heterocycles. The number of nitrogens with two attached hydrogens (primary N) is 1. The fourth-order valence-electron chi connectivity index (χ4n) is 2.18. The Bertz CT molecular complexity index is 723. The van der Waals surface area contributed by atoms with Gasteiger partial charge in [-0.1, -0.05) is 6.07 Å². The van der Waals surface area contributed by atoms with E-state index in [9.17, 15) is 0 Å². The zero-order chi connectivity index (χ0) is 13.2. The number of fused-ring (bicyclic) bond motifs is 1. The summed E-state index contributed by atoms with van der Waals surface area (Å²) in [5.41, 5.74) is 10.8. The Morgan fingerprint density at radius 1 is 1.16 bits per heavy atom. The molecule has 0 atom stereocenters. The zero-order valence-electron chi connectivity index (χ0n) is 10.7. The van der Waals surface area contributed by atoms with E-state index >= 15 is 0 Å². The summed E-state index contributed by atoms with van der Waals surface area (Å²) >= 11 is 0. The molecule has 94 valence electrons. The van der Waals surface area contributed by atoms with Gasteiger partial charge < -0.3 is 5.73 Å². The number of aromatic nitrogens is 3. The number of nitrogens with zero attached hydrogens (tertiary/aromatic N) is 3. The van der Waals surface area contributed by atoms with E-state index in [0.29, 0.717) is 5.82 Å². The van der Waals surface area contributed by atoms with Gasteiger partial charge in [-0.3, -0.25) is 9.97 Å². The predicted molar refractivity (Wildman–Crippen MR) is 75.7 cm³/mol. The molecule has 2 N–H and O–H groups in total. The summed E-state index contributed by atoms with van der Waals surface area (Å²) in [6, 6.07) is 7.87. The van der Waals surface area contributed by atoms with Crippen molar-refractivity contribution in [3.63, 3.8) is 0 Å². The average Bonchev–Trinajstić information content (AvgIpc) is 2.39. The molecule has 0 radical (unpaired) electrons. The van der Waals surface area contributed by atoms with Crippen molar-refractivity contribution in [2.45, 2.75) is 13.3 Å². The molecule has 0 saturated carbocycles. The van der Waals surface area contributed by atoms with Crippen LogP contribution in [0.5, 0.6) is 0 Å². The van der Waals surface area contributed by atoms with Gasteiger partial charge in [-0.05, 0) is 41.8 Å². The molecule has 3 aromatic heterocycles. The van der Waals surface area contributed by atoms with E-state index < -0.39 is 0 Å². The Morgan fingerprint density at radius 2 is 2.05 bits per heavy atom. The van der Waals surface area contributed by atoms with Crippen LogP contribution < -0.4 is 5.73 Å². The molecule has 0 aromatic carbocycles. The van der Waals surface area contributed by atoms with Crippen molar-refractivity contribution in [3.05, 3.63) is 59.5 Å². The van der Waals surface area contributed by atoms with Crippen molar-refractivity contribution in [1.29, 1.82) is 0 Å². The van der Waals surface area contributed by atoms with Gasteiger partial charge in [0.05, 0.1) is 11.0 Å². The molecule has 0 aliphatic carbocycles. The highest BCUT2D eigenvalue weighted by molar-refractivity contribution is 5.79. The molecular weight excluding hydrogens is 236 g/mol. The van der Waals surface area contributed by atoms with Crippen molar-refractivity contribution in [2.75, 3.05) is 5.73 Å². The molecule has 0 fully saturated rings. The summed E-state index contributed by atoms with van der Waals surface area (Å²) in [4.78, 5) is 12.9. The lowest BCUT2D eigenvalue weighted by Gasteiger charge is -2.05. The van der Waals surface area contributed by atoms with Crippen LogP contribution in [0.4, 0.5) is 5.82 Å². The van der Waals surface area contributed by atoms with Crippen LogP contribution >= 0.6 is 0 Å². The molecule has 3 heterocycles. The van der Waals surface area contributed by atoms with Crippen LogP contribution in [0.25, 0.3) is 11.0 Å². The molecule has 0 bridgehead atoms. The maximum absolute atomic E-state index is 5.78. The summed E-state index contributed by atoms with van der Waals surface area (Å²) in [6.45, 7) is 1.99. The molecule has 3 aromatic rings. The van der Waals surface area contributed by atoms with Gasteiger partial charge >= 0.3 is 0 Å². The topological polar surface area (TPSA) is 64.7 Å². The van der Waals surface area contributed by atoms with Crippen molar-refractivity contribution in [3.8, 4) is 0 Å². The van der Waals surface area contributed by atoms with Gasteiger partial charge in [0.25, 0.3) is 0 Å². The largest absolute Gasteiger partial charge is 0.384 e. The van der Waals surface area contributed by atoms with Crippen LogP contribution in [0.15, 0.2) is 42.9 Å². The van der Waals surface area contributed by atoms with E-state index in [1.165, 1.54) is 0 Å². The van der Waals surface area contributed by atoms with Crippen LogP contribution in [-0.4, -0.2) is 15.0 Å². The molecule has 0 amide bonds. The fraction of sp³-hybridized carbons (Fsp3) is 0.133. The molecule has 0 aliphatic rings. The first-order valence-electron chi connectivity index (χ1n) is 6.13. The van der Waals surface area contributed by atoms with Crippen molar-refractivity contribution >= 4 is 16.9 Å². The lowest BCUT2D eigenvalue weighted by atomic mass is 10.1. The van der Waals surface area contributed by atoms with Crippen LogP contribution in [0, 0.1) is 6.92 Å². The lowest BCUT2D eigenvalue weighted by Crippen LogP contribution is -1.96. The highest BCUT2D eigenvalue weighted by atomic mass is 14.9. The summed E-state index contributed by atoms with van der Waals surface area (Å²) in [6.07, 6.45) is 6.32. The number of pyridine rings is 3. The number of rotatable bonds is 2. The molecule has 0 saturated heterocycles. The van der Waals surface area contributed by atoms with Gasteiger partial charge in [-0.2, -0.15) is 0 Å². The minimum atomic E-state index is 0.533. The number of anilines is 1. The number of hydrogen-bond donors (Lipinski definition) is 1. The summed E-state index contributed by atoms with van der Waals surface area (Å²) in [5.74, 6) is 0.533. The lowest BCUT2D eigenvalue weighted by molar-refractivity contribution is 1.12. The van der Waals surface area contributed by atoms with Crippen LogP contribution in [0.1, 0.15) is 16.7 Å². The molecule has 4 heteroatoms. The Labute approximate surface area is 111 Å². The fourth-order valence-corrected chi connectivity index (χ4v) is 2.18. The Morgan fingerprint density at radius 3 is 2.84 bits per heavy atom. The van der Waals surface area contributed by atoms with E-state index in [1.54, 1.807) is 6.20 Å². The van der Waals surface area contributed by atoms with Gasteiger partial charge in [0, 0.05) is 25.0 Å². The van der Waals surface area contributed by atoms with E-state index in [1.807, 2.05) is 37.5 Å². The molecule has 19 heavy (non-hydrogen) atoms. The van der Waals surface area contributed by atoms with Gasteiger partial charge in [-0.25, -0.2) is 4.98 Å². The normalized spacial score (nSPS) is 10.8. The summed E-state index contributed by atoms with van der Waals surface area (Å²) in [5, 5.41) is 0. The predicted octanol–water partition coefficient (Wildman–Crippen LogP) is 2.51. The Balaban J connectivity index is 2.02. The van der Waals surface area contributed by atoms with Gasteiger partial charge in [0.2, 0.25) is 0 Å². The SMILES string of the molecule is Cc1cc(N)nc2cc(Cc3cccnc3)cnc12. The van der Waals surface area contributed by atoms with Crippen LogP contribution in [0.3, 0.4) is 0 Å². The van der Waals surface area contributed by atoms with Gasteiger partial charge in [0.1, 0.15) is 5.82 Å². The molecule has 4 nitrogen and oxygen atoms in total. The van der Waals surface area contributed by atoms with E-state index in [0.717, 1.165) is 34.1 Å². The third-order valence-electron chi connectivity index (χ3n) is 3.04. The highest BCUT2D eigenvalue weighted by Crippen LogP contribution is 2.19. The van der Waals surface area contributed by atoms with Gasteiger partial charge in [-0.15, -0.1) is 0 Å². The van der Waals surface area contributed by atoms with Crippen LogP contribution in [0.2, 0.25) is 0 Å². The third kappa shape index (κ3) is 2.38. The summed E-state index contributed by atoms with van der Waals surface area (Å²) in [7, 11) is 0. The summed E-state index contributed by atoms with van der Waals surface area (Å²) < 4.78 is 0. The zero-order valence-corrected chi connectivity index (χ0v) is 10.7. The second-order valence-corrected chi connectivity index (χ2v) is 4.61. The first kappa shape index (κ1) is 11.6. The maximum Gasteiger partial charge on any atom is 0.124 e. The average molecular weight is 250 g/mol. The van der Waals surface area contributed by atoms with Crippen molar-refractivity contribution in [2.24, 2.45) is 0 Å². The second kappa shape index (κ2) is 4.65. The second-order valence-electron chi connectivity index (χ2n) is 4.61. The highest BCUT2D eigenvalue weighted by Gasteiger charge is 2.04. The first-order chi connectivity index (χ1) is 9.22. The minimum Gasteiger partial charge on any atom is -0.384 e. The van der Waals surface area contributed by atoms with E-state index in [-0.39, 0.29) is 0 Å². The van der Waals surface area contributed by atoms with E-state index in [4.69, 9.17) is 5.73 Å². The van der Waals surface area contributed by atoms with Gasteiger partial charge in [0.15, 0.2) is 0 Å². The quantitative estimate of drug-likeness (QED) is 0.759. The minimum absolute atomic E-state index is 0.533. The molecule has 0 unspecified atom stereocenters. The number of hydrogen-bond acceptors (Lipinski definition) is 4. The molecule has 3 rings (SSSR count). The third-order valence-corrected chi connectivity index (χ3v) is 3.04. The number of nitrogen functional groups attached to an aromatic ring is 1. The van der Waals surface area contributed by atoms with Crippen molar-refractivity contribution < 1.29 is 0 Å². The Hall–Kier alpha value is -2.49. The maximum atomic E-state index is 5.78. The van der Waals surface area contributed by atoms with Crippen LogP contribution in [-0.2, 0) is 6.42 Å². The Kier molecular flexibility index (Phi) is 2.83. The van der Waals surface area contributed by atoms with E-state index in [2.05, 4.69) is 21.0 Å². The smallest absolute Gasteiger partial charge is 0.124 e.